The van der Waals surface area contributed by atoms with Crippen LogP contribution in [0.15, 0.2) is 23.2 Å². The standard InChI is InChI=1S/C17H27F2N3O4S/c1-6-20-16(22-11-17(2,3)27(5,23)24)21-10-12-9-13(25-4)7-8-14(12)26-15(18)19/h7-9,15H,6,10-11H2,1-5H3,(H2,20,21,22). The van der Waals surface area contributed by atoms with Crippen LogP contribution < -0.4 is 20.1 Å². The average Bonchev–Trinajstić information content (AvgIpc) is 2.57. The van der Waals surface area contributed by atoms with Crippen molar-refractivity contribution in [1.29, 1.82) is 0 Å². The van der Waals surface area contributed by atoms with Gasteiger partial charge in [0.2, 0.25) is 0 Å². The number of rotatable bonds is 9. The molecule has 2 N–H and O–H groups in total. The lowest BCUT2D eigenvalue weighted by molar-refractivity contribution is -0.0504. The van der Waals surface area contributed by atoms with Gasteiger partial charge in [-0.1, -0.05) is 0 Å². The van der Waals surface area contributed by atoms with E-state index in [-0.39, 0.29) is 18.8 Å². The highest BCUT2D eigenvalue weighted by Gasteiger charge is 2.30. The summed E-state index contributed by atoms with van der Waals surface area (Å²) in [5, 5.41) is 5.96. The number of alkyl halides is 2. The molecule has 0 unspecified atom stereocenters. The van der Waals surface area contributed by atoms with Crippen LogP contribution in [0.25, 0.3) is 0 Å². The first-order chi connectivity index (χ1) is 12.5. The van der Waals surface area contributed by atoms with Crippen LogP contribution in [-0.4, -0.2) is 52.2 Å². The Morgan fingerprint density at radius 3 is 2.48 bits per heavy atom. The van der Waals surface area contributed by atoms with Gasteiger partial charge in [-0.3, -0.25) is 0 Å². The van der Waals surface area contributed by atoms with Gasteiger partial charge in [-0.25, -0.2) is 13.4 Å². The van der Waals surface area contributed by atoms with Crippen LogP contribution in [-0.2, 0) is 16.4 Å². The van der Waals surface area contributed by atoms with Crippen LogP contribution >= 0.6 is 0 Å². The van der Waals surface area contributed by atoms with E-state index in [2.05, 4.69) is 20.4 Å². The molecule has 0 aliphatic rings. The maximum atomic E-state index is 12.6. The van der Waals surface area contributed by atoms with Gasteiger partial charge >= 0.3 is 6.61 Å². The van der Waals surface area contributed by atoms with Crippen molar-refractivity contribution in [1.82, 2.24) is 10.6 Å². The summed E-state index contributed by atoms with van der Waals surface area (Å²) in [4.78, 5) is 4.33. The SMILES string of the molecule is CCNC(=NCc1cc(OC)ccc1OC(F)F)NCC(C)(C)S(C)(=O)=O. The fourth-order valence-corrected chi connectivity index (χ4v) is 2.29. The van der Waals surface area contributed by atoms with Crippen molar-refractivity contribution in [2.75, 3.05) is 26.5 Å². The zero-order chi connectivity index (χ0) is 20.7. The summed E-state index contributed by atoms with van der Waals surface area (Å²) in [6.45, 7) is 2.83. The van der Waals surface area contributed by atoms with Crippen molar-refractivity contribution < 1.29 is 26.7 Å². The van der Waals surface area contributed by atoms with E-state index >= 15 is 0 Å². The molecule has 0 spiro atoms. The van der Waals surface area contributed by atoms with Gasteiger partial charge in [-0.2, -0.15) is 8.78 Å². The lowest BCUT2D eigenvalue weighted by Gasteiger charge is -2.24. The molecule has 0 heterocycles. The van der Waals surface area contributed by atoms with E-state index in [0.29, 0.717) is 23.8 Å². The Morgan fingerprint density at radius 1 is 1.30 bits per heavy atom. The van der Waals surface area contributed by atoms with E-state index < -0.39 is 21.2 Å². The molecule has 0 aliphatic heterocycles. The van der Waals surface area contributed by atoms with E-state index in [1.807, 2.05) is 6.92 Å². The van der Waals surface area contributed by atoms with Crippen LogP contribution in [0.2, 0.25) is 0 Å². The molecule has 0 saturated heterocycles. The first kappa shape index (κ1) is 22.9. The number of hydrogen-bond donors (Lipinski definition) is 2. The molecule has 0 bridgehead atoms. The smallest absolute Gasteiger partial charge is 0.387 e. The molecule has 0 aliphatic carbocycles. The molecular weight excluding hydrogens is 380 g/mol. The third kappa shape index (κ3) is 7.20. The second-order valence-electron chi connectivity index (χ2n) is 6.43. The summed E-state index contributed by atoms with van der Waals surface area (Å²) in [5.41, 5.74) is 0.411. The van der Waals surface area contributed by atoms with Crippen molar-refractivity contribution in [2.24, 2.45) is 4.99 Å². The summed E-state index contributed by atoms with van der Waals surface area (Å²) in [6.07, 6.45) is 1.17. The first-order valence-corrected chi connectivity index (χ1v) is 10.2. The van der Waals surface area contributed by atoms with Crippen LogP contribution in [0.4, 0.5) is 8.78 Å². The molecular formula is C17H27F2N3O4S. The number of hydrogen-bond acceptors (Lipinski definition) is 5. The summed E-state index contributed by atoms with van der Waals surface area (Å²) >= 11 is 0. The molecule has 1 aromatic carbocycles. The molecule has 0 aromatic heterocycles. The molecule has 7 nitrogen and oxygen atoms in total. The van der Waals surface area contributed by atoms with Crippen LogP contribution in [0.5, 0.6) is 11.5 Å². The molecule has 0 fully saturated rings. The van der Waals surface area contributed by atoms with Gasteiger partial charge in [-0.15, -0.1) is 0 Å². The molecule has 0 radical (unpaired) electrons. The Hall–Kier alpha value is -2.10. The molecule has 0 amide bonds. The number of nitrogens with one attached hydrogen (secondary N) is 2. The van der Waals surface area contributed by atoms with Crippen molar-refractivity contribution in [3.63, 3.8) is 0 Å². The van der Waals surface area contributed by atoms with Gasteiger partial charge < -0.3 is 20.1 Å². The minimum atomic E-state index is -3.27. The zero-order valence-corrected chi connectivity index (χ0v) is 17.0. The van der Waals surface area contributed by atoms with Crippen molar-refractivity contribution in [2.45, 2.75) is 38.7 Å². The maximum Gasteiger partial charge on any atom is 0.387 e. The zero-order valence-electron chi connectivity index (χ0n) is 16.2. The number of benzene rings is 1. The number of sulfone groups is 1. The van der Waals surface area contributed by atoms with Gasteiger partial charge in [0, 0.05) is 24.9 Å². The summed E-state index contributed by atoms with van der Waals surface area (Å²) in [7, 11) is -1.81. The Bertz CT molecular complexity index is 753. The van der Waals surface area contributed by atoms with Gasteiger partial charge in [0.1, 0.15) is 11.5 Å². The van der Waals surface area contributed by atoms with Gasteiger partial charge in [0.05, 0.1) is 18.4 Å². The second kappa shape index (κ2) is 9.72. The van der Waals surface area contributed by atoms with Gasteiger partial charge in [0.25, 0.3) is 0 Å². The average molecular weight is 407 g/mol. The topological polar surface area (TPSA) is 89.0 Å². The Balaban J connectivity index is 3.00. The third-order valence-electron chi connectivity index (χ3n) is 3.92. The van der Waals surface area contributed by atoms with E-state index in [9.17, 15) is 17.2 Å². The molecule has 27 heavy (non-hydrogen) atoms. The minimum absolute atomic E-state index is 0.00173. The number of ether oxygens (including phenoxy) is 2. The highest BCUT2D eigenvalue weighted by atomic mass is 32.2. The fourth-order valence-electron chi connectivity index (χ4n) is 1.95. The number of nitrogens with zero attached hydrogens (tertiary/aromatic N) is 1. The quantitative estimate of drug-likeness (QED) is 0.482. The number of guanidine groups is 1. The number of methoxy groups -OCH3 is 1. The highest BCUT2D eigenvalue weighted by Crippen LogP contribution is 2.26. The van der Waals surface area contributed by atoms with Crippen LogP contribution in [0.3, 0.4) is 0 Å². The molecule has 154 valence electrons. The van der Waals surface area contributed by atoms with E-state index in [1.165, 1.54) is 25.5 Å². The van der Waals surface area contributed by atoms with Gasteiger partial charge in [0.15, 0.2) is 15.8 Å². The summed E-state index contributed by atoms with van der Waals surface area (Å²) < 4.78 is 57.5. The lowest BCUT2D eigenvalue weighted by atomic mass is 10.2. The Labute approximate surface area is 159 Å². The minimum Gasteiger partial charge on any atom is -0.497 e. The monoisotopic (exact) mass is 407 g/mol. The van der Waals surface area contributed by atoms with Crippen molar-refractivity contribution in [3.05, 3.63) is 23.8 Å². The van der Waals surface area contributed by atoms with E-state index in [1.54, 1.807) is 19.9 Å². The predicted octanol–water partition coefficient (Wildman–Crippen LogP) is 2.17. The van der Waals surface area contributed by atoms with E-state index in [0.717, 1.165) is 0 Å². The fraction of sp³-hybridized carbons (Fsp3) is 0.588. The Morgan fingerprint density at radius 2 is 1.96 bits per heavy atom. The van der Waals surface area contributed by atoms with Crippen molar-refractivity contribution in [3.8, 4) is 11.5 Å². The number of aliphatic imine (C=N–C) groups is 1. The van der Waals surface area contributed by atoms with Crippen molar-refractivity contribution >= 4 is 15.8 Å². The van der Waals surface area contributed by atoms with Crippen LogP contribution in [0, 0.1) is 0 Å². The van der Waals surface area contributed by atoms with E-state index in [4.69, 9.17) is 4.74 Å². The molecule has 1 aromatic rings. The highest BCUT2D eigenvalue weighted by molar-refractivity contribution is 7.92. The third-order valence-corrected chi connectivity index (χ3v) is 6.07. The Kier molecular flexibility index (Phi) is 8.26. The summed E-state index contributed by atoms with van der Waals surface area (Å²) in [6, 6.07) is 4.47. The molecule has 0 saturated carbocycles. The number of halogens is 2. The molecule has 0 atom stereocenters. The second-order valence-corrected chi connectivity index (χ2v) is 9.08. The van der Waals surface area contributed by atoms with Crippen LogP contribution in [0.1, 0.15) is 26.3 Å². The first-order valence-electron chi connectivity index (χ1n) is 8.33. The molecule has 10 heteroatoms. The molecule has 1 rings (SSSR count). The lowest BCUT2D eigenvalue weighted by Crippen LogP contribution is -2.47. The largest absolute Gasteiger partial charge is 0.497 e. The predicted molar refractivity (Wildman–Crippen MR) is 101 cm³/mol. The normalized spacial score (nSPS) is 12.8. The summed E-state index contributed by atoms with van der Waals surface area (Å²) in [5.74, 6) is 0.847. The maximum absolute atomic E-state index is 12.6. The van der Waals surface area contributed by atoms with Gasteiger partial charge in [-0.05, 0) is 39.0 Å².